The summed E-state index contributed by atoms with van der Waals surface area (Å²) < 4.78 is 8.64. The van der Waals surface area contributed by atoms with Crippen molar-refractivity contribution in [2.75, 3.05) is 5.73 Å². The molecule has 0 fully saturated rings. The number of furan rings is 1. The Morgan fingerprint density at radius 3 is 2.86 bits per heavy atom. The Balaban J connectivity index is 1.49. The molecule has 0 aliphatic heterocycles. The fourth-order valence-corrected chi connectivity index (χ4v) is 3.09. The van der Waals surface area contributed by atoms with Crippen LogP contribution in [0.4, 0.5) is 5.95 Å². The van der Waals surface area contributed by atoms with Gasteiger partial charge in [-0.1, -0.05) is 12.8 Å². The van der Waals surface area contributed by atoms with Gasteiger partial charge in [0.15, 0.2) is 17.1 Å². The Morgan fingerprint density at radius 1 is 1.21 bits per heavy atom. The second kappa shape index (κ2) is 7.64. The van der Waals surface area contributed by atoms with Gasteiger partial charge in [-0.2, -0.15) is 14.6 Å². The van der Waals surface area contributed by atoms with Crippen LogP contribution < -0.4 is 11.2 Å². The highest BCUT2D eigenvalue weighted by atomic mass is 16.5. The Morgan fingerprint density at radius 2 is 2.07 bits per heavy atom. The predicted molar refractivity (Wildman–Crippen MR) is 99.2 cm³/mol. The third-order valence-corrected chi connectivity index (χ3v) is 4.49. The predicted octanol–water partition coefficient (Wildman–Crippen LogP) is 1.77. The molecule has 0 aromatic carbocycles. The van der Waals surface area contributed by atoms with E-state index >= 15 is 0 Å². The lowest BCUT2D eigenvalue weighted by atomic mass is 10.1. The Kier molecular flexibility index (Phi) is 4.89. The zero-order valence-corrected chi connectivity index (χ0v) is 15.1. The highest BCUT2D eigenvalue weighted by Gasteiger charge is 2.17. The largest absolute Gasteiger partial charge is 0.461 e. The SMILES string of the molecule is Nc1nc2c(cnn2CCCCCCC(=O)NO)c2nc(-c3ccco3)nn12. The Hall–Kier alpha value is -3.47. The molecule has 4 aromatic rings. The number of nitrogen functional groups attached to an aromatic ring is 1. The summed E-state index contributed by atoms with van der Waals surface area (Å²) in [6.45, 7) is 0.678. The summed E-state index contributed by atoms with van der Waals surface area (Å²) in [6.07, 6.45) is 7.04. The molecule has 0 spiro atoms. The summed E-state index contributed by atoms with van der Waals surface area (Å²) in [7, 11) is 0. The topological polar surface area (TPSA) is 149 Å². The fraction of sp³-hybridized carbons (Fsp3) is 0.353. The van der Waals surface area contributed by atoms with Crippen LogP contribution in [0.15, 0.2) is 29.0 Å². The van der Waals surface area contributed by atoms with E-state index in [2.05, 4.69) is 20.2 Å². The number of nitrogens with zero attached hydrogens (tertiary/aromatic N) is 6. The zero-order chi connectivity index (χ0) is 19.5. The van der Waals surface area contributed by atoms with Gasteiger partial charge in [0.1, 0.15) is 0 Å². The molecule has 1 amide bonds. The summed E-state index contributed by atoms with van der Waals surface area (Å²) in [5.74, 6) is 0.859. The van der Waals surface area contributed by atoms with Gasteiger partial charge >= 0.3 is 0 Å². The molecular formula is C17H20N8O3. The van der Waals surface area contributed by atoms with Crippen molar-refractivity contribution in [1.82, 2.24) is 34.8 Å². The summed E-state index contributed by atoms with van der Waals surface area (Å²) in [5, 5.41) is 18.0. The van der Waals surface area contributed by atoms with Crippen LogP contribution in [0.5, 0.6) is 0 Å². The average Bonchev–Trinajstić information content (AvgIpc) is 3.43. The van der Waals surface area contributed by atoms with Crippen LogP contribution in [0.3, 0.4) is 0 Å². The number of fused-ring (bicyclic) bond motifs is 3. The number of rotatable bonds is 8. The third-order valence-electron chi connectivity index (χ3n) is 4.49. The molecule has 146 valence electrons. The van der Waals surface area contributed by atoms with Crippen LogP contribution in [0.1, 0.15) is 32.1 Å². The summed E-state index contributed by atoms with van der Waals surface area (Å²) in [5.41, 5.74) is 8.94. The van der Waals surface area contributed by atoms with Crippen LogP contribution in [-0.2, 0) is 11.3 Å². The number of anilines is 1. The van der Waals surface area contributed by atoms with Gasteiger partial charge in [-0.25, -0.2) is 15.1 Å². The van der Waals surface area contributed by atoms with Crippen molar-refractivity contribution in [3.63, 3.8) is 0 Å². The third kappa shape index (κ3) is 3.39. The first-order chi connectivity index (χ1) is 13.7. The van der Waals surface area contributed by atoms with Crippen molar-refractivity contribution in [1.29, 1.82) is 0 Å². The van der Waals surface area contributed by atoms with Crippen LogP contribution in [0.2, 0.25) is 0 Å². The van der Waals surface area contributed by atoms with E-state index in [1.165, 1.54) is 4.52 Å². The minimum atomic E-state index is -0.357. The molecule has 28 heavy (non-hydrogen) atoms. The monoisotopic (exact) mass is 384 g/mol. The minimum Gasteiger partial charge on any atom is -0.461 e. The van der Waals surface area contributed by atoms with E-state index in [0.29, 0.717) is 35.8 Å². The fourth-order valence-electron chi connectivity index (χ4n) is 3.09. The van der Waals surface area contributed by atoms with Crippen molar-refractivity contribution < 1.29 is 14.4 Å². The van der Waals surface area contributed by atoms with Gasteiger partial charge in [-0.05, 0) is 25.0 Å². The highest BCUT2D eigenvalue weighted by molar-refractivity contribution is 5.90. The lowest BCUT2D eigenvalue weighted by molar-refractivity contribution is -0.129. The molecule has 11 nitrogen and oxygen atoms in total. The number of amides is 1. The lowest BCUT2D eigenvalue weighted by Crippen LogP contribution is -2.17. The van der Waals surface area contributed by atoms with E-state index in [9.17, 15) is 4.79 Å². The number of aryl methyl sites for hydroxylation is 1. The molecule has 0 radical (unpaired) electrons. The highest BCUT2D eigenvalue weighted by Crippen LogP contribution is 2.23. The molecule has 4 heterocycles. The molecular weight excluding hydrogens is 364 g/mol. The minimum absolute atomic E-state index is 0.226. The Labute approximate surface area is 159 Å². The van der Waals surface area contributed by atoms with Crippen molar-refractivity contribution in [2.45, 2.75) is 38.6 Å². The molecule has 0 bridgehead atoms. The Bertz CT molecular complexity index is 1100. The molecule has 4 aromatic heterocycles. The van der Waals surface area contributed by atoms with E-state index in [-0.39, 0.29) is 11.9 Å². The maximum Gasteiger partial charge on any atom is 0.243 e. The van der Waals surface area contributed by atoms with Gasteiger partial charge in [0, 0.05) is 13.0 Å². The number of hydrogen-bond donors (Lipinski definition) is 3. The van der Waals surface area contributed by atoms with Gasteiger partial charge in [-0.15, -0.1) is 5.10 Å². The summed E-state index contributed by atoms with van der Waals surface area (Å²) >= 11 is 0. The van der Waals surface area contributed by atoms with Crippen molar-refractivity contribution in [3.05, 3.63) is 24.6 Å². The van der Waals surface area contributed by atoms with Gasteiger partial charge in [0.05, 0.1) is 17.8 Å². The van der Waals surface area contributed by atoms with E-state index in [1.807, 2.05) is 0 Å². The number of carbonyl (C=O) groups excluding carboxylic acids is 1. The van der Waals surface area contributed by atoms with Gasteiger partial charge in [-0.3, -0.25) is 10.0 Å². The maximum atomic E-state index is 11.0. The van der Waals surface area contributed by atoms with Crippen molar-refractivity contribution >= 4 is 28.5 Å². The number of carbonyl (C=O) groups is 1. The van der Waals surface area contributed by atoms with E-state index in [4.69, 9.17) is 15.4 Å². The first-order valence-corrected chi connectivity index (χ1v) is 9.02. The summed E-state index contributed by atoms with van der Waals surface area (Å²) in [6, 6.07) is 3.55. The standard InChI is InChI=1S/C17H20N8O3/c18-17-21-15-11(16-20-14(22-25(16)17)12-6-5-9-28-12)10-19-24(15)8-4-2-1-3-7-13(26)23-27/h5-6,9-10,27H,1-4,7-8H2,(H2,18,21)(H,23,26). The molecule has 0 saturated heterocycles. The number of aromatic nitrogens is 6. The maximum absolute atomic E-state index is 11.0. The van der Waals surface area contributed by atoms with E-state index in [1.54, 1.807) is 34.8 Å². The number of hydroxylamine groups is 1. The van der Waals surface area contributed by atoms with E-state index < -0.39 is 0 Å². The lowest BCUT2D eigenvalue weighted by Gasteiger charge is -2.04. The number of nitrogens with one attached hydrogen (secondary N) is 1. The zero-order valence-electron chi connectivity index (χ0n) is 15.1. The number of unbranched alkanes of at least 4 members (excludes halogenated alkanes) is 3. The van der Waals surface area contributed by atoms with Gasteiger partial charge < -0.3 is 10.2 Å². The second-order valence-corrected chi connectivity index (χ2v) is 6.42. The molecule has 4 N–H and O–H groups in total. The van der Waals surface area contributed by atoms with E-state index in [0.717, 1.165) is 31.1 Å². The van der Waals surface area contributed by atoms with Crippen molar-refractivity contribution in [2.24, 2.45) is 0 Å². The van der Waals surface area contributed by atoms with Crippen LogP contribution in [0.25, 0.3) is 28.3 Å². The van der Waals surface area contributed by atoms with Crippen molar-refractivity contribution in [3.8, 4) is 11.6 Å². The van der Waals surface area contributed by atoms with Crippen LogP contribution in [0, 0.1) is 0 Å². The smallest absolute Gasteiger partial charge is 0.243 e. The summed E-state index contributed by atoms with van der Waals surface area (Å²) in [4.78, 5) is 19.9. The molecule has 11 heteroatoms. The normalized spacial score (nSPS) is 11.5. The van der Waals surface area contributed by atoms with Gasteiger partial charge in [0.25, 0.3) is 0 Å². The van der Waals surface area contributed by atoms with Crippen LogP contribution in [-0.4, -0.2) is 40.5 Å². The van der Waals surface area contributed by atoms with Gasteiger partial charge in [0.2, 0.25) is 17.7 Å². The number of hydrogen-bond acceptors (Lipinski definition) is 8. The molecule has 0 aliphatic rings. The molecule has 0 atom stereocenters. The first kappa shape index (κ1) is 17.9. The molecule has 0 aliphatic carbocycles. The first-order valence-electron chi connectivity index (χ1n) is 9.02. The molecule has 0 unspecified atom stereocenters. The second-order valence-electron chi connectivity index (χ2n) is 6.42. The molecule has 0 saturated carbocycles. The molecule has 4 rings (SSSR count). The van der Waals surface area contributed by atoms with Crippen LogP contribution >= 0.6 is 0 Å². The number of nitrogens with two attached hydrogens (primary N) is 1. The average molecular weight is 384 g/mol. The quantitative estimate of drug-likeness (QED) is 0.236.